The van der Waals surface area contributed by atoms with Crippen molar-refractivity contribution < 1.29 is 17.6 Å². The molecule has 0 aliphatic rings. The fourth-order valence-electron chi connectivity index (χ4n) is 3.95. The molecular weight excluding hydrogens is 533 g/mol. The summed E-state index contributed by atoms with van der Waals surface area (Å²) >= 11 is 0. The van der Waals surface area contributed by atoms with Crippen LogP contribution in [0.1, 0.15) is 16.1 Å². The summed E-state index contributed by atoms with van der Waals surface area (Å²) in [4.78, 5) is 34.8. The van der Waals surface area contributed by atoms with E-state index in [1.807, 2.05) is 25.1 Å². The lowest BCUT2D eigenvalue weighted by atomic mass is 10.1. The summed E-state index contributed by atoms with van der Waals surface area (Å²) in [6.07, 6.45) is 6.02. The zero-order valence-corrected chi connectivity index (χ0v) is 22.6. The number of pyridine rings is 1. The quantitative estimate of drug-likeness (QED) is 0.292. The number of sulfone groups is 1. The van der Waals surface area contributed by atoms with E-state index in [4.69, 9.17) is 0 Å². The third-order valence-electron chi connectivity index (χ3n) is 6.14. The number of aromatic nitrogens is 5. The number of anilines is 3. The monoisotopic (exact) mass is 557 g/mol. The van der Waals surface area contributed by atoms with Gasteiger partial charge in [-0.05, 0) is 67.1 Å². The van der Waals surface area contributed by atoms with Gasteiger partial charge in [0, 0.05) is 54.4 Å². The topological polar surface area (TPSA) is 134 Å². The molecule has 0 unspecified atom stereocenters. The van der Waals surface area contributed by atoms with Crippen LogP contribution in [0.2, 0.25) is 0 Å². The van der Waals surface area contributed by atoms with Gasteiger partial charge in [0.05, 0.1) is 5.69 Å². The average Bonchev–Trinajstić information content (AvgIpc) is 3.41. The number of carbonyl (C=O) groups is 1. The summed E-state index contributed by atoms with van der Waals surface area (Å²) in [6, 6.07) is 16.2. The fourth-order valence-corrected chi connectivity index (χ4v) is 4.50. The highest BCUT2D eigenvalue weighted by Crippen LogP contribution is 2.29. The lowest BCUT2D eigenvalue weighted by Crippen LogP contribution is -2.27. The number of aromatic amines is 1. The molecule has 202 valence electrons. The van der Waals surface area contributed by atoms with Gasteiger partial charge in [-0.2, -0.15) is 0 Å². The Labute approximate surface area is 229 Å². The molecule has 0 saturated heterocycles. The van der Waals surface area contributed by atoms with Crippen molar-refractivity contribution >= 4 is 33.1 Å². The molecule has 1 amide bonds. The standard InChI is InChI=1S/C28H24FN7O3S/c1-17-6-11-21(15-23(17)33-27-31-14-12-22(32-27)19-5-4-13-30-16-19)36(2)26(37)25-24(18-7-9-20(29)10-8-18)34-28(35-25)40(3,38)39/h4-16H,1-3H3,(H,34,35)(H,31,32,33). The molecule has 0 saturated carbocycles. The number of halogens is 1. The Hall–Kier alpha value is -4.97. The minimum atomic E-state index is -3.75. The molecule has 2 aromatic carbocycles. The molecule has 3 aromatic heterocycles. The minimum absolute atomic E-state index is 0.0443. The van der Waals surface area contributed by atoms with E-state index in [1.54, 1.807) is 43.8 Å². The van der Waals surface area contributed by atoms with Gasteiger partial charge in [0.1, 0.15) is 17.2 Å². The molecule has 2 N–H and O–H groups in total. The Kier molecular flexibility index (Phi) is 7.09. The maximum absolute atomic E-state index is 13.6. The first-order valence-corrected chi connectivity index (χ1v) is 13.9. The van der Waals surface area contributed by atoms with Crippen LogP contribution in [0.15, 0.2) is 84.4 Å². The number of nitrogens with zero attached hydrogens (tertiary/aromatic N) is 5. The van der Waals surface area contributed by atoms with Crippen LogP contribution in [0.4, 0.5) is 21.7 Å². The number of amides is 1. The largest absolute Gasteiger partial charge is 0.324 e. The van der Waals surface area contributed by atoms with Crippen LogP contribution in [0, 0.1) is 12.7 Å². The van der Waals surface area contributed by atoms with Gasteiger partial charge in [-0.1, -0.05) is 6.07 Å². The molecule has 40 heavy (non-hydrogen) atoms. The summed E-state index contributed by atoms with van der Waals surface area (Å²) in [5, 5.41) is 2.85. The van der Waals surface area contributed by atoms with E-state index in [0.29, 0.717) is 28.6 Å². The van der Waals surface area contributed by atoms with E-state index in [0.717, 1.165) is 17.4 Å². The van der Waals surface area contributed by atoms with Gasteiger partial charge in [-0.25, -0.2) is 27.8 Å². The first kappa shape index (κ1) is 26.6. The van der Waals surface area contributed by atoms with E-state index in [-0.39, 0.29) is 16.5 Å². The van der Waals surface area contributed by atoms with Gasteiger partial charge >= 0.3 is 0 Å². The third kappa shape index (κ3) is 5.57. The zero-order valence-electron chi connectivity index (χ0n) is 21.8. The van der Waals surface area contributed by atoms with Crippen LogP contribution in [0.25, 0.3) is 22.5 Å². The molecule has 12 heteroatoms. The molecule has 0 fully saturated rings. The van der Waals surface area contributed by atoms with Crippen molar-refractivity contribution in [2.24, 2.45) is 0 Å². The van der Waals surface area contributed by atoms with E-state index in [9.17, 15) is 17.6 Å². The number of H-pyrrole nitrogens is 1. The Morgan fingerprint density at radius 3 is 2.48 bits per heavy atom. The van der Waals surface area contributed by atoms with Crippen molar-refractivity contribution in [1.82, 2.24) is 24.9 Å². The predicted octanol–water partition coefficient (Wildman–Crippen LogP) is 4.80. The summed E-state index contributed by atoms with van der Waals surface area (Å²) in [5.74, 6) is -0.644. The van der Waals surface area contributed by atoms with E-state index in [1.165, 1.54) is 29.2 Å². The number of hydrogen-bond donors (Lipinski definition) is 2. The number of hydrogen-bond acceptors (Lipinski definition) is 8. The fraction of sp³-hybridized carbons (Fsp3) is 0.107. The maximum atomic E-state index is 13.6. The van der Waals surface area contributed by atoms with Crippen molar-refractivity contribution in [3.63, 3.8) is 0 Å². The van der Waals surface area contributed by atoms with Crippen molar-refractivity contribution in [2.75, 3.05) is 23.5 Å². The molecule has 0 bridgehead atoms. The van der Waals surface area contributed by atoms with Gasteiger partial charge in [0.25, 0.3) is 5.91 Å². The van der Waals surface area contributed by atoms with E-state index < -0.39 is 21.6 Å². The molecule has 0 radical (unpaired) electrons. The number of benzene rings is 2. The molecular formula is C28H24FN7O3S. The number of nitrogens with one attached hydrogen (secondary N) is 2. The van der Waals surface area contributed by atoms with Crippen LogP contribution in [0.5, 0.6) is 0 Å². The summed E-state index contributed by atoms with van der Waals surface area (Å²) in [6.45, 7) is 1.90. The Balaban J connectivity index is 1.47. The molecule has 0 spiro atoms. The molecule has 0 atom stereocenters. The van der Waals surface area contributed by atoms with Crippen LogP contribution < -0.4 is 10.2 Å². The van der Waals surface area contributed by atoms with E-state index >= 15 is 0 Å². The third-order valence-corrected chi connectivity index (χ3v) is 7.03. The molecule has 5 rings (SSSR count). The highest BCUT2D eigenvalue weighted by Gasteiger charge is 2.26. The zero-order chi connectivity index (χ0) is 28.4. The predicted molar refractivity (Wildman–Crippen MR) is 150 cm³/mol. The van der Waals surface area contributed by atoms with Gasteiger partial charge in [0.15, 0.2) is 0 Å². The van der Waals surface area contributed by atoms with Gasteiger partial charge < -0.3 is 15.2 Å². The van der Waals surface area contributed by atoms with Crippen molar-refractivity contribution in [1.29, 1.82) is 0 Å². The second-order valence-corrected chi connectivity index (χ2v) is 11.0. The number of rotatable bonds is 7. The first-order valence-electron chi connectivity index (χ1n) is 12.1. The van der Waals surface area contributed by atoms with Crippen molar-refractivity contribution in [3.8, 4) is 22.5 Å². The van der Waals surface area contributed by atoms with Crippen molar-refractivity contribution in [2.45, 2.75) is 12.1 Å². The molecule has 0 aliphatic heterocycles. The van der Waals surface area contributed by atoms with Crippen LogP contribution in [-0.2, 0) is 9.84 Å². The van der Waals surface area contributed by atoms with Crippen LogP contribution in [0.3, 0.4) is 0 Å². The first-order chi connectivity index (χ1) is 19.1. The Morgan fingerprint density at radius 2 is 1.77 bits per heavy atom. The van der Waals surface area contributed by atoms with Crippen LogP contribution >= 0.6 is 0 Å². The highest BCUT2D eigenvalue weighted by atomic mass is 32.2. The summed E-state index contributed by atoms with van der Waals surface area (Å²) in [5.41, 5.74) is 4.05. The summed E-state index contributed by atoms with van der Waals surface area (Å²) < 4.78 is 38.0. The molecule has 5 aromatic rings. The van der Waals surface area contributed by atoms with Gasteiger partial charge in [0.2, 0.25) is 20.9 Å². The van der Waals surface area contributed by atoms with Crippen LogP contribution in [-0.4, -0.2) is 52.5 Å². The Morgan fingerprint density at radius 1 is 1.00 bits per heavy atom. The molecule has 10 nitrogen and oxygen atoms in total. The summed E-state index contributed by atoms with van der Waals surface area (Å²) in [7, 11) is -2.19. The van der Waals surface area contributed by atoms with Crippen molar-refractivity contribution in [3.05, 3.63) is 96.3 Å². The van der Waals surface area contributed by atoms with E-state index in [2.05, 4.69) is 30.2 Å². The lowest BCUT2D eigenvalue weighted by molar-refractivity contribution is 0.0989. The second-order valence-electron chi connectivity index (χ2n) is 9.04. The average molecular weight is 558 g/mol. The smallest absolute Gasteiger partial charge is 0.276 e. The number of carbonyl (C=O) groups excluding carboxylic acids is 1. The number of imidazole rings is 1. The van der Waals surface area contributed by atoms with Gasteiger partial charge in [-0.15, -0.1) is 0 Å². The SMILES string of the molecule is Cc1ccc(N(C)C(=O)c2[nH]c(S(C)(=O)=O)nc2-c2ccc(F)cc2)cc1Nc1nccc(-c2cccnc2)n1. The normalized spacial score (nSPS) is 11.3. The van der Waals surface area contributed by atoms with Gasteiger partial charge in [-0.3, -0.25) is 9.78 Å². The minimum Gasteiger partial charge on any atom is -0.324 e. The number of aryl methyl sites for hydroxylation is 1. The maximum Gasteiger partial charge on any atom is 0.276 e. The molecule has 0 aliphatic carbocycles. The second kappa shape index (κ2) is 10.7. The lowest BCUT2D eigenvalue weighted by Gasteiger charge is -2.19. The Bertz CT molecular complexity index is 1810. The molecule has 3 heterocycles. The highest BCUT2D eigenvalue weighted by molar-refractivity contribution is 7.90.